The number of aryl methyl sites for hydroxylation is 1. The average molecular weight is 332 g/mol. The van der Waals surface area contributed by atoms with Gasteiger partial charge < -0.3 is 9.84 Å². The van der Waals surface area contributed by atoms with Crippen LogP contribution >= 0.6 is 0 Å². The van der Waals surface area contributed by atoms with Gasteiger partial charge in [0.15, 0.2) is 0 Å². The first-order chi connectivity index (χ1) is 12.2. The summed E-state index contributed by atoms with van der Waals surface area (Å²) in [5.74, 6) is 0.900. The third-order valence-corrected chi connectivity index (χ3v) is 4.30. The molecule has 1 atom stereocenters. The van der Waals surface area contributed by atoms with Crippen molar-refractivity contribution in [1.29, 1.82) is 0 Å². The lowest BCUT2D eigenvalue weighted by Crippen LogP contribution is -1.99. The van der Waals surface area contributed by atoms with Crippen molar-refractivity contribution in [3.8, 4) is 16.9 Å². The van der Waals surface area contributed by atoms with Gasteiger partial charge in [-0.3, -0.25) is 0 Å². The summed E-state index contributed by atoms with van der Waals surface area (Å²) in [5, 5.41) is 9.58. The van der Waals surface area contributed by atoms with E-state index in [0.717, 1.165) is 41.9 Å². The van der Waals surface area contributed by atoms with Crippen LogP contribution < -0.4 is 4.74 Å². The van der Waals surface area contributed by atoms with E-state index < -0.39 is 6.10 Å². The smallest absolute Gasteiger partial charge is 0.119 e. The number of benzene rings is 3. The number of hydrogen-bond donors (Lipinski definition) is 1. The molecular weight excluding hydrogens is 308 g/mol. The molecule has 0 saturated carbocycles. The minimum atomic E-state index is -0.430. The molecule has 2 nitrogen and oxygen atoms in total. The lowest BCUT2D eigenvalue weighted by molar-refractivity contribution is 0.199. The number of aliphatic hydroxyl groups is 1. The van der Waals surface area contributed by atoms with Gasteiger partial charge in [0.2, 0.25) is 0 Å². The molecule has 0 saturated heterocycles. The van der Waals surface area contributed by atoms with Crippen molar-refractivity contribution in [2.75, 3.05) is 6.61 Å². The van der Waals surface area contributed by atoms with Gasteiger partial charge in [-0.15, -0.1) is 0 Å². The highest BCUT2D eigenvalue weighted by atomic mass is 16.5. The van der Waals surface area contributed by atoms with Gasteiger partial charge in [0.25, 0.3) is 0 Å². The van der Waals surface area contributed by atoms with E-state index >= 15 is 0 Å². The van der Waals surface area contributed by atoms with Gasteiger partial charge in [-0.25, -0.2) is 0 Å². The Morgan fingerprint density at radius 1 is 0.800 bits per heavy atom. The Balaban J connectivity index is 1.51. The molecule has 0 bridgehead atoms. The fraction of sp³-hybridized carbons (Fsp3) is 0.217. The highest BCUT2D eigenvalue weighted by molar-refractivity contribution is 5.64. The van der Waals surface area contributed by atoms with Crippen molar-refractivity contribution in [2.45, 2.75) is 25.9 Å². The van der Waals surface area contributed by atoms with E-state index in [-0.39, 0.29) is 0 Å². The molecule has 0 radical (unpaired) electrons. The lowest BCUT2D eigenvalue weighted by atomic mass is 10.0. The molecule has 3 rings (SSSR count). The number of hydrogen-bond acceptors (Lipinski definition) is 2. The summed E-state index contributed by atoms with van der Waals surface area (Å²) >= 11 is 0. The third-order valence-electron chi connectivity index (χ3n) is 4.30. The van der Waals surface area contributed by atoms with Crippen molar-refractivity contribution in [3.05, 3.63) is 90.0 Å². The van der Waals surface area contributed by atoms with Gasteiger partial charge in [0.05, 0.1) is 12.7 Å². The molecule has 3 aromatic carbocycles. The first-order valence-electron chi connectivity index (χ1n) is 8.77. The first-order valence-corrected chi connectivity index (χ1v) is 8.77. The van der Waals surface area contributed by atoms with Crippen LogP contribution in [0.15, 0.2) is 78.9 Å². The van der Waals surface area contributed by atoms with Crippen LogP contribution in [0, 0.1) is 0 Å². The number of rotatable bonds is 7. The van der Waals surface area contributed by atoms with E-state index in [1.165, 1.54) is 5.56 Å². The van der Waals surface area contributed by atoms with Gasteiger partial charge in [0.1, 0.15) is 5.75 Å². The molecule has 0 amide bonds. The fourth-order valence-electron chi connectivity index (χ4n) is 2.81. The molecule has 128 valence electrons. The Morgan fingerprint density at radius 3 is 2.00 bits per heavy atom. The topological polar surface area (TPSA) is 29.5 Å². The molecule has 1 unspecified atom stereocenters. The Bertz CT molecular complexity index is 759. The minimum absolute atomic E-state index is 0.430. The Labute approximate surface area is 149 Å². The Kier molecular flexibility index (Phi) is 5.86. The molecule has 0 spiro atoms. The number of ether oxygens (including phenoxy) is 1. The summed E-state index contributed by atoms with van der Waals surface area (Å²) in [6.45, 7) is 2.50. The maximum absolute atomic E-state index is 9.58. The minimum Gasteiger partial charge on any atom is -0.494 e. The summed E-state index contributed by atoms with van der Waals surface area (Å²) in [6.07, 6.45) is 1.61. The number of aliphatic hydroxyl groups excluding tert-OH is 1. The van der Waals surface area contributed by atoms with E-state index in [1.54, 1.807) is 6.92 Å². The van der Waals surface area contributed by atoms with Gasteiger partial charge in [-0.2, -0.15) is 0 Å². The van der Waals surface area contributed by atoms with Crippen molar-refractivity contribution in [1.82, 2.24) is 0 Å². The maximum atomic E-state index is 9.58. The summed E-state index contributed by atoms with van der Waals surface area (Å²) in [5.41, 5.74) is 4.57. The zero-order valence-electron chi connectivity index (χ0n) is 14.6. The molecule has 0 aliphatic rings. The molecule has 0 aromatic heterocycles. The van der Waals surface area contributed by atoms with Gasteiger partial charge in [0, 0.05) is 0 Å². The Hall–Kier alpha value is -2.58. The van der Waals surface area contributed by atoms with Crippen LogP contribution in [0.2, 0.25) is 0 Å². The molecule has 0 fully saturated rings. The molecule has 3 aromatic rings. The largest absolute Gasteiger partial charge is 0.494 e. The van der Waals surface area contributed by atoms with E-state index in [0.29, 0.717) is 0 Å². The second-order valence-corrected chi connectivity index (χ2v) is 6.26. The van der Waals surface area contributed by atoms with E-state index in [2.05, 4.69) is 36.4 Å². The molecule has 1 N–H and O–H groups in total. The quantitative estimate of drug-likeness (QED) is 0.586. The monoisotopic (exact) mass is 332 g/mol. The maximum Gasteiger partial charge on any atom is 0.119 e. The average Bonchev–Trinajstić information content (AvgIpc) is 2.67. The van der Waals surface area contributed by atoms with Gasteiger partial charge >= 0.3 is 0 Å². The standard InChI is InChI=1S/C23H24O2/c1-18(24)20-9-11-21(12-10-20)22-13-15-23(16-14-22)25-17-5-8-19-6-3-2-4-7-19/h2-4,6-7,9-16,18,24H,5,8,17H2,1H3. The molecule has 0 aliphatic heterocycles. The second-order valence-electron chi connectivity index (χ2n) is 6.26. The lowest BCUT2D eigenvalue weighted by Gasteiger charge is -2.09. The zero-order chi connectivity index (χ0) is 17.5. The van der Waals surface area contributed by atoms with Crippen LogP contribution in [0.5, 0.6) is 5.75 Å². The molecular formula is C23H24O2. The molecule has 0 heterocycles. The summed E-state index contributed by atoms with van der Waals surface area (Å²) in [7, 11) is 0. The Morgan fingerprint density at radius 2 is 1.40 bits per heavy atom. The third kappa shape index (κ3) is 4.94. The summed E-state index contributed by atoms with van der Waals surface area (Å²) < 4.78 is 5.84. The zero-order valence-corrected chi connectivity index (χ0v) is 14.6. The molecule has 2 heteroatoms. The predicted molar refractivity (Wildman–Crippen MR) is 103 cm³/mol. The van der Waals surface area contributed by atoms with Crippen LogP contribution in [0.4, 0.5) is 0 Å². The second kappa shape index (κ2) is 8.50. The van der Waals surface area contributed by atoms with Crippen molar-refractivity contribution < 1.29 is 9.84 Å². The van der Waals surface area contributed by atoms with Crippen LogP contribution in [-0.2, 0) is 6.42 Å². The van der Waals surface area contributed by atoms with Crippen LogP contribution in [-0.4, -0.2) is 11.7 Å². The van der Waals surface area contributed by atoms with Crippen molar-refractivity contribution in [3.63, 3.8) is 0 Å². The van der Waals surface area contributed by atoms with E-state index in [1.807, 2.05) is 42.5 Å². The van der Waals surface area contributed by atoms with Crippen LogP contribution in [0.25, 0.3) is 11.1 Å². The van der Waals surface area contributed by atoms with E-state index in [4.69, 9.17) is 4.74 Å². The van der Waals surface area contributed by atoms with Gasteiger partial charge in [-0.05, 0) is 54.2 Å². The van der Waals surface area contributed by atoms with Crippen LogP contribution in [0.3, 0.4) is 0 Å². The highest BCUT2D eigenvalue weighted by Gasteiger charge is 2.02. The summed E-state index contributed by atoms with van der Waals surface area (Å²) in [4.78, 5) is 0. The SMILES string of the molecule is CC(O)c1ccc(-c2ccc(OCCCc3ccccc3)cc2)cc1. The fourth-order valence-corrected chi connectivity index (χ4v) is 2.81. The van der Waals surface area contributed by atoms with E-state index in [9.17, 15) is 5.11 Å². The summed E-state index contributed by atoms with van der Waals surface area (Å²) in [6, 6.07) is 26.7. The normalized spacial score (nSPS) is 11.9. The van der Waals surface area contributed by atoms with Crippen LogP contribution in [0.1, 0.15) is 30.6 Å². The highest BCUT2D eigenvalue weighted by Crippen LogP contribution is 2.24. The van der Waals surface area contributed by atoms with Crippen molar-refractivity contribution in [2.24, 2.45) is 0 Å². The first kappa shape index (κ1) is 17.2. The molecule has 25 heavy (non-hydrogen) atoms. The van der Waals surface area contributed by atoms with Crippen molar-refractivity contribution >= 4 is 0 Å². The van der Waals surface area contributed by atoms with Gasteiger partial charge in [-0.1, -0.05) is 66.7 Å². The predicted octanol–water partition coefficient (Wildman–Crippen LogP) is 5.42. The molecule has 0 aliphatic carbocycles.